The van der Waals surface area contributed by atoms with E-state index in [9.17, 15) is 0 Å². The number of piperidine rings is 1. The van der Waals surface area contributed by atoms with E-state index in [-0.39, 0.29) is 5.60 Å². The number of benzene rings is 1. The highest BCUT2D eigenvalue weighted by Gasteiger charge is 2.31. The van der Waals surface area contributed by atoms with Crippen molar-refractivity contribution in [1.82, 2.24) is 0 Å². The summed E-state index contributed by atoms with van der Waals surface area (Å²) in [5.41, 5.74) is 2.45. The van der Waals surface area contributed by atoms with Gasteiger partial charge in [-0.1, -0.05) is 33.6 Å². The molecule has 0 bridgehead atoms. The summed E-state index contributed by atoms with van der Waals surface area (Å²) in [5, 5.41) is 1.64. The summed E-state index contributed by atoms with van der Waals surface area (Å²) < 4.78 is 5.65. The largest absolute Gasteiger partial charge is 0.377 e. The minimum absolute atomic E-state index is 0.0514. The lowest BCUT2D eigenvalue weighted by molar-refractivity contribution is -0.00467. The molecule has 0 saturated carbocycles. The maximum atomic E-state index is 6.12. The fourth-order valence-electron chi connectivity index (χ4n) is 2.52. The molecule has 100 valence electrons. The van der Waals surface area contributed by atoms with E-state index in [1.807, 2.05) is 6.07 Å². The molecule has 1 fully saturated rings. The van der Waals surface area contributed by atoms with Crippen LogP contribution < -0.4 is 4.90 Å². The van der Waals surface area contributed by atoms with Crippen LogP contribution in [0.25, 0.3) is 0 Å². The third-order valence-electron chi connectivity index (χ3n) is 3.68. The van der Waals surface area contributed by atoms with Crippen LogP contribution in [0.15, 0.2) is 18.2 Å². The fourth-order valence-corrected chi connectivity index (χ4v) is 3.16. The SMILES string of the molecule is COC1(C)CCCN(c2cc(Cl)ccc2CBr)C1. The van der Waals surface area contributed by atoms with Gasteiger partial charge in [0, 0.05) is 36.2 Å². The molecular formula is C14H19BrClNO. The van der Waals surface area contributed by atoms with Gasteiger partial charge in [-0.25, -0.2) is 0 Å². The molecule has 1 saturated heterocycles. The van der Waals surface area contributed by atoms with Crippen LogP contribution in [-0.4, -0.2) is 25.8 Å². The number of hydrogen-bond donors (Lipinski definition) is 0. The van der Waals surface area contributed by atoms with Gasteiger partial charge in [0.25, 0.3) is 0 Å². The Balaban J connectivity index is 2.28. The Hall–Kier alpha value is -0.250. The van der Waals surface area contributed by atoms with Gasteiger partial charge in [0.2, 0.25) is 0 Å². The highest BCUT2D eigenvalue weighted by atomic mass is 79.9. The van der Waals surface area contributed by atoms with Crippen molar-refractivity contribution in [2.24, 2.45) is 0 Å². The quantitative estimate of drug-likeness (QED) is 0.768. The summed E-state index contributed by atoms with van der Waals surface area (Å²) in [7, 11) is 1.80. The van der Waals surface area contributed by atoms with Gasteiger partial charge in [-0.15, -0.1) is 0 Å². The zero-order chi connectivity index (χ0) is 13.2. The Morgan fingerprint density at radius 2 is 2.28 bits per heavy atom. The number of anilines is 1. The number of hydrogen-bond acceptors (Lipinski definition) is 2. The Bertz CT molecular complexity index is 426. The number of rotatable bonds is 3. The first-order valence-electron chi connectivity index (χ1n) is 6.22. The molecule has 1 heterocycles. The maximum absolute atomic E-state index is 6.12. The van der Waals surface area contributed by atoms with Crippen molar-refractivity contribution in [3.8, 4) is 0 Å². The van der Waals surface area contributed by atoms with Gasteiger partial charge in [-0.05, 0) is 37.5 Å². The Morgan fingerprint density at radius 3 is 2.94 bits per heavy atom. The van der Waals surface area contributed by atoms with Gasteiger partial charge < -0.3 is 9.64 Å². The zero-order valence-corrected chi connectivity index (χ0v) is 13.2. The Kier molecular flexibility index (Phi) is 4.57. The molecule has 1 aliphatic heterocycles. The zero-order valence-electron chi connectivity index (χ0n) is 10.9. The third kappa shape index (κ3) is 3.01. The van der Waals surface area contributed by atoms with E-state index < -0.39 is 0 Å². The fraction of sp³-hybridized carbons (Fsp3) is 0.571. The van der Waals surface area contributed by atoms with Crippen molar-refractivity contribution in [2.75, 3.05) is 25.1 Å². The lowest BCUT2D eigenvalue weighted by atomic mass is 9.94. The molecule has 1 unspecified atom stereocenters. The van der Waals surface area contributed by atoms with E-state index in [4.69, 9.17) is 16.3 Å². The average Bonchev–Trinajstić information content (AvgIpc) is 2.39. The second-order valence-electron chi connectivity index (χ2n) is 5.09. The molecule has 1 aliphatic rings. The molecular weight excluding hydrogens is 314 g/mol. The smallest absolute Gasteiger partial charge is 0.0825 e. The summed E-state index contributed by atoms with van der Waals surface area (Å²) in [4.78, 5) is 2.38. The topological polar surface area (TPSA) is 12.5 Å². The number of nitrogens with zero attached hydrogens (tertiary/aromatic N) is 1. The Labute approximate surface area is 122 Å². The van der Waals surface area contributed by atoms with Gasteiger partial charge in [-0.3, -0.25) is 0 Å². The van der Waals surface area contributed by atoms with E-state index in [0.29, 0.717) is 0 Å². The predicted octanol–water partition coefficient (Wildman–Crippen LogP) is 4.24. The van der Waals surface area contributed by atoms with E-state index in [1.165, 1.54) is 11.3 Å². The summed E-state index contributed by atoms with van der Waals surface area (Å²) in [6.07, 6.45) is 2.27. The normalized spacial score (nSPS) is 24.3. The van der Waals surface area contributed by atoms with E-state index >= 15 is 0 Å². The molecule has 0 spiro atoms. The third-order valence-corrected chi connectivity index (χ3v) is 4.52. The molecule has 0 radical (unpaired) electrons. The first kappa shape index (κ1) is 14.2. The van der Waals surface area contributed by atoms with Crippen LogP contribution >= 0.6 is 27.5 Å². The van der Waals surface area contributed by atoms with Crippen molar-refractivity contribution in [3.63, 3.8) is 0 Å². The standard InChI is InChI=1S/C14H19BrClNO/c1-14(18-2)6-3-7-17(10-14)13-8-12(16)5-4-11(13)9-15/h4-5,8H,3,6-7,9-10H2,1-2H3. The van der Waals surface area contributed by atoms with Gasteiger partial charge >= 0.3 is 0 Å². The van der Waals surface area contributed by atoms with Gasteiger partial charge in [-0.2, -0.15) is 0 Å². The number of methoxy groups -OCH3 is 1. The highest BCUT2D eigenvalue weighted by molar-refractivity contribution is 9.08. The van der Waals surface area contributed by atoms with Crippen LogP contribution in [0.5, 0.6) is 0 Å². The second kappa shape index (κ2) is 5.81. The summed E-state index contributed by atoms with van der Waals surface area (Å²) in [5.74, 6) is 0. The molecule has 0 amide bonds. The predicted molar refractivity (Wildman–Crippen MR) is 80.9 cm³/mol. The molecule has 0 aromatic heterocycles. The molecule has 2 rings (SSSR count). The van der Waals surface area contributed by atoms with Crippen molar-refractivity contribution in [1.29, 1.82) is 0 Å². The maximum Gasteiger partial charge on any atom is 0.0825 e. The van der Waals surface area contributed by atoms with Gasteiger partial charge in [0.05, 0.1) is 5.60 Å². The van der Waals surface area contributed by atoms with Crippen LogP contribution in [0.1, 0.15) is 25.3 Å². The average molecular weight is 333 g/mol. The highest BCUT2D eigenvalue weighted by Crippen LogP contribution is 2.32. The Morgan fingerprint density at radius 1 is 1.50 bits per heavy atom. The summed E-state index contributed by atoms with van der Waals surface area (Å²) >= 11 is 9.67. The summed E-state index contributed by atoms with van der Waals surface area (Å²) in [6.45, 7) is 4.17. The van der Waals surface area contributed by atoms with Crippen LogP contribution in [0, 0.1) is 0 Å². The minimum Gasteiger partial charge on any atom is -0.377 e. The van der Waals surface area contributed by atoms with E-state index in [0.717, 1.165) is 36.3 Å². The van der Waals surface area contributed by atoms with Gasteiger partial charge in [0.15, 0.2) is 0 Å². The van der Waals surface area contributed by atoms with Crippen LogP contribution in [0.4, 0.5) is 5.69 Å². The molecule has 2 nitrogen and oxygen atoms in total. The van der Waals surface area contributed by atoms with Crippen molar-refractivity contribution >= 4 is 33.2 Å². The number of alkyl halides is 1. The molecule has 4 heteroatoms. The van der Waals surface area contributed by atoms with E-state index in [2.05, 4.69) is 39.9 Å². The summed E-state index contributed by atoms with van der Waals surface area (Å²) in [6, 6.07) is 6.09. The first-order chi connectivity index (χ1) is 8.58. The molecule has 0 N–H and O–H groups in total. The van der Waals surface area contributed by atoms with Crippen LogP contribution in [0.3, 0.4) is 0 Å². The van der Waals surface area contributed by atoms with Crippen LogP contribution in [0.2, 0.25) is 5.02 Å². The molecule has 0 aliphatic carbocycles. The molecule has 1 atom stereocenters. The second-order valence-corrected chi connectivity index (χ2v) is 6.08. The van der Waals surface area contributed by atoms with Crippen LogP contribution in [-0.2, 0) is 10.1 Å². The monoisotopic (exact) mass is 331 g/mol. The van der Waals surface area contributed by atoms with Crippen molar-refractivity contribution in [3.05, 3.63) is 28.8 Å². The van der Waals surface area contributed by atoms with Crippen molar-refractivity contribution < 1.29 is 4.74 Å². The lowest BCUT2D eigenvalue weighted by Crippen LogP contribution is -2.47. The number of halogens is 2. The molecule has 1 aromatic rings. The minimum atomic E-state index is -0.0514. The van der Waals surface area contributed by atoms with Crippen molar-refractivity contribution in [2.45, 2.75) is 30.7 Å². The first-order valence-corrected chi connectivity index (χ1v) is 7.72. The van der Waals surface area contributed by atoms with Gasteiger partial charge in [0.1, 0.15) is 0 Å². The number of ether oxygens (including phenoxy) is 1. The molecule has 18 heavy (non-hydrogen) atoms. The molecule has 1 aromatic carbocycles. The lowest BCUT2D eigenvalue weighted by Gasteiger charge is -2.41. The van der Waals surface area contributed by atoms with E-state index in [1.54, 1.807) is 7.11 Å².